The van der Waals surface area contributed by atoms with Gasteiger partial charge in [-0.05, 0) is 73.1 Å². The topological polar surface area (TPSA) is 81.7 Å². The summed E-state index contributed by atoms with van der Waals surface area (Å²) >= 11 is 0. The Bertz CT molecular complexity index is 980. The number of hydrogen-bond acceptors (Lipinski definition) is 5. The number of carbonyl (C=O) groups excluding carboxylic acids is 1. The number of rotatable bonds is 4. The highest BCUT2D eigenvalue weighted by atomic mass is 32.2. The van der Waals surface area contributed by atoms with Crippen LogP contribution in [0.15, 0.2) is 12.1 Å². The second kappa shape index (κ2) is 7.07. The smallest absolute Gasteiger partial charge is 0.409 e. The van der Waals surface area contributed by atoms with E-state index in [1.807, 2.05) is 0 Å². The number of aryl methyl sites for hydroxylation is 1. The van der Waals surface area contributed by atoms with Crippen LogP contribution in [0.25, 0.3) is 0 Å². The number of alkyl halides is 2. The summed E-state index contributed by atoms with van der Waals surface area (Å²) in [6.07, 6.45) is 3.11. The highest BCUT2D eigenvalue weighted by Crippen LogP contribution is 2.66. The molecule has 2 saturated carbocycles. The van der Waals surface area contributed by atoms with Gasteiger partial charge in [0.15, 0.2) is 11.5 Å². The molecule has 4 atom stereocenters. The molecular formula is C21H27F2NO5S. The predicted molar refractivity (Wildman–Crippen MR) is 106 cm³/mol. The molecule has 3 unspecified atom stereocenters. The third kappa shape index (κ3) is 3.35. The van der Waals surface area contributed by atoms with Crippen molar-refractivity contribution in [2.24, 2.45) is 17.3 Å². The summed E-state index contributed by atoms with van der Waals surface area (Å²) in [6, 6.07) is 3.42. The van der Waals surface area contributed by atoms with Gasteiger partial charge in [0.25, 0.3) is 5.92 Å². The molecule has 166 valence electrons. The number of amides is 1. The van der Waals surface area contributed by atoms with Crippen LogP contribution in [-0.4, -0.2) is 27.4 Å². The van der Waals surface area contributed by atoms with E-state index in [1.54, 1.807) is 23.8 Å². The van der Waals surface area contributed by atoms with Gasteiger partial charge in [-0.3, -0.25) is 4.79 Å². The van der Waals surface area contributed by atoms with E-state index in [0.717, 1.165) is 24.5 Å². The Morgan fingerprint density at radius 1 is 1.17 bits per heavy atom. The molecule has 0 spiro atoms. The average molecular weight is 444 g/mol. The van der Waals surface area contributed by atoms with E-state index in [-0.39, 0.29) is 35.7 Å². The van der Waals surface area contributed by atoms with Crippen molar-refractivity contribution in [3.05, 3.63) is 23.3 Å². The summed E-state index contributed by atoms with van der Waals surface area (Å²) < 4.78 is 65.5. The first kappa shape index (κ1) is 21.3. The van der Waals surface area contributed by atoms with Crippen LogP contribution < -0.4 is 13.6 Å². The Hall–Kier alpha value is -1.90. The van der Waals surface area contributed by atoms with E-state index in [9.17, 15) is 22.0 Å². The number of fused-ring (bicyclic) bond motifs is 5. The molecule has 0 heterocycles. The fourth-order valence-electron chi connectivity index (χ4n) is 6.05. The maximum Gasteiger partial charge on any atom is 0.409 e. The molecule has 0 saturated heterocycles. The van der Waals surface area contributed by atoms with Gasteiger partial charge in [0, 0.05) is 18.8 Å². The summed E-state index contributed by atoms with van der Waals surface area (Å²) in [4.78, 5) is 11.1. The summed E-state index contributed by atoms with van der Waals surface area (Å²) in [5, 5.41) is 0. The van der Waals surface area contributed by atoms with Gasteiger partial charge in [-0.15, -0.1) is 0 Å². The predicted octanol–water partition coefficient (Wildman–Crippen LogP) is 3.95. The van der Waals surface area contributed by atoms with Crippen LogP contribution in [0.1, 0.15) is 63.0 Å². The van der Waals surface area contributed by atoms with Crippen LogP contribution in [0.2, 0.25) is 0 Å². The molecular weight excluding hydrogens is 416 g/mol. The second-order valence-electron chi connectivity index (χ2n) is 9.01. The largest absolute Gasteiger partial charge is 0.493 e. The van der Waals surface area contributed by atoms with Gasteiger partial charge >= 0.3 is 10.3 Å². The monoisotopic (exact) mass is 443 g/mol. The molecule has 0 bridgehead atoms. The van der Waals surface area contributed by atoms with Gasteiger partial charge in [-0.1, -0.05) is 6.92 Å². The molecule has 0 aromatic heterocycles. The fraction of sp³-hybridized carbons (Fsp3) is 0.667. The lowest BCUT2D eigenvalue weighted by molar-refractivity contribution is -0.132. The normalized spacial score (nSPS) is 31.8. The Morgan fingerprint density at radius 2 is 1.90 bits per heavy atom. The first-order valence-corrected chi connectivity index (χ1v) is 11.7. The number of hydrogen-bond donors (Lipinski definition) is 1. The van der Waals surface area contributed by atoms with Crippen LogP contribution >= 0.6 is 0 Å². The van der Waals surface area contributed by atoms with Gasteiger partial charge in [0.05, 0.1) is 7.11 Å². The van der Waals surface area contributed by atoms with Crippen molar-refractivity contribution in [1.29, 1.82) is 0 Å². The lowest BCUT2D eigenvalue weighted by Gasteiger charge is -2.50. The van der Waals surface area contributed by atoms with E-state index in [0.29, 0.717) is 25.7 Å². The molecule has 3 aliphatic rings. The van der Waals surface area contributed by atoms with Crippen LogP contribution in [0.5, 0.6) is 11.5 Å². The van der Waals surface area contributed by atoms with Crippen LogP contribution in [-0.2, 0) is 21.5 Å². The maximum absolute atomic E-state index is 14.6. The third-order valence-electron chi connectivity index (χ3n) is 7.47. The van der Waals surface area contributed by atoms with Gasteiger partial charge in [0.1, 0.15) is 0 Å². The highest BCUT2D eigenvalue weighted by molar-refractivity contribution is 7.85. The van der Waals surface area contributed by atoms with E-state index in [4.69, 9.17) is 8.92 Å². The minimum atomic E-state index is -4.31. The standard InChI is InChI=1S/C21H27F2NO5S/c1-12(25)24-30(26,27)29-19-10-13-4-5-15-14(16(13)11-18(19)28-3)6-8-20(2)17(15)7-9-21(20,22)23/h10-11,14-15,17H,4-9H2,1-3H3,(H,24,25)/t14?,15?,17?,20-/m0/s1. The molecule has 4 rings (SSSR count). The first-order valence-electron chi connectivity index (χ1n) is 10.3. The lowest BCUT2D eigenvalue weighted by Crippen LogP contribution is -2.46. The number of nitrogens with one attached hydrogen (secondary N) is 1. The number of methoxy groups -OCH3 is 1. The molecule has 6 nitrogen and oxygen atoms in total. The van der Waals surface area contributed by atoms with Gasteiger partial charge in [-0.25, -0.2) is 13.5 Å². The van der Waals surface area contributed by atoms with Gasteiger partial charge in [-0.2, -0.15) is 8.42 Å². The van der Waals surface area contributed by atoms with Crippen molar-refractivity contribution in [3.63, 3.8) is 0 Å². The zero-order valence-electron chi connectivity index (χ0n) is 17.3. The van der Waals surface area contributed by atoms with Crippen molar-refractivity contribution in [2.75, 3.05) is 7.11 Å². The number of halogens is 2. The average Bonchev–Trinajstić information content (AvgIpc) is 2.89. The fourth-order valence-corrected chi connectivity index (χ4v) is 6.81. The summed E-state index contributed by atoms with van der Waals surface area (Å²) in [6.45, 7) is 2.83. The molecule has 0 aliphatic heterocycles. The zero-order valence-corrected chi connectivity index (χ0v) is 18.2. The van der Waals surface area contributed by atoms with Crippen molar-refractivity contribution >= 4 is 16.2 Å². The van der Waals surface area contributed by atoms with Crippen LogP contribution in [0.4, 0.5) is 8.78 Å². The van der Waals surface area contributed by atoms with Gasteiger partial charge in [0.2, 0.25) is 5.91 Å². The lowest BCUT2D eigenvalue weighted by atomic mass is 9.55. The SMILES string of the molecule is COc1cc2c(cc1OS(=O)(=O)NC(C)=O)CCC1C2CC[C@@]2(C)C1CCC2(F)F. The van der Waals surface area contributed by atoms with Gasteiger partial charge < -0.3 is 8.92 Å². The van der Waals surface area contributed by atoms with Crippen molar-refractivity contribution in [1.82, 2.24) is 4.72 Å². The third-order valence-corrected chi connectivity index (χ3v) is 8.41. The summed E-state index contributed by atoms with van der Waals surface area (Å²) in [5.74, 6) is -2.80. The van der Waals surface area contributed by atoms with E-state index in [1.165, 1.54) is 7.11 Å². The molecule has 9 heteroatoms. The van der Waals surface area contributed by atoms with Crippen LogP contribution in [0, 0.1) is 17.3 Å². The molecule has 1 amide bonds. The molecule has 1 aromatic rings. The second-order valence-corrected chi connectivity index (χ2v) is 10.3. The first-order chi connectivity index (χ1) is 14.0. The molecule has 1 N–H and O–H groups in total. The van der Waals surface area contributed by atoms with E-state index >= 15 is 0 Å². The molecule has 1 aromatic carbocycles. The van der Waals surface area contributed by atoms with Crippen LogP contribution in [0.3, 0.4) is 0 Å². The van der Waals surface area contributed by atoms with E-state index < -0.39 is 27.5 Å². The van der Waals surface area contributed by atoms with Crippen molar-refractivity contribution < 1.29 is 30.9 Å². The Balaban J connectivity index is 1.66. The summed E-state index contributed by atoms with van der Waals surface area (Å²) in [7, 11) is -2.90. The van der Waals surface area contributed by atoms with E-state index in [2.05, 4.69) is 0 Å². The molecule has 3 aliphatic carbocycles. The summed E-state index contributed by atoms with van der Waals surface area (Å²) in [5.41, 5.74) is 1.04. The highest BCUT2D eigenvalue weighted by Gasteiger charge is 2.63. The minimum Gasteiger partial charge on any atom is -0.493 e. The molecule has 30 heavy (non-hydrogen) atoms. The minimum absolute atomic E-state index is 0.0106. The zero-order chi connectivity index (χ0) is 21.9. The number of ether oxygens (including phenoxy) is 1. The maximum atomic E-state index is 14.6. The Morgan fingerprint density at radius 3 is 2.57 bits per heavy atom. The Kier molecular flexibility index (Phi) is 5.03. The number of carbonyl (C=O) groups is 1. The quantitative estimate of drug-likeness (QED) is 0.762. The molecule has 2 fully saturated rings. The number of benzene rings is 1. The molecule has 0 radical (unpaired) electrons. The van der Waals surface area contributed by atoms with Crippen molar-refractivity contribution in [3.8, 4) is 11.5 Å². The Labute approximate surface area is 175 Å². The van der Waals surface area contributed by atoms with Crippen molar-refractivity contribution in [2.45, 2.75) is 64.2 Å².